The number of imidazole rings is 1. The maximum Gasteiger partial charge on any atom is 0.231 e. The van der Waals surface area contributed by atoms with Crippen LogP contribution in [0.2, 0.25) is 0 Å². The summed E-state index contributed by atoms with van der Waals surface area (Å²) >= 11 is 0. The molecule has 0 radical (unpaired) electrons. The Morgan fingerprint density at radius 3 is 2.87 bits per heavy atom. The molecule has 156 valence electrons. The molecule has 2 fully saturated rings. The molecule has 1 aliphatic carbocycles. The molecule has 1 saturated heterocycles. The van der Waals surface area contributed by atoms with Crippen LogP contribution in [0.25, 0.3) is 5.52 Å². The summed E-state index contributed by atoms with van der Waals surface area (Å²) < 4.78 is 19.1. The molecule has 0 amide bonds. The molecule has 3 aliphatic rings. The topological polar surface area (TPSA) is 68.5 Å². The molecule has 4 heterocycles. The molecular formula is C23H25N3O4. The number of fused-ring (bicyclic) bond motifs is 3. The van der Waals surface area contributed by atoms with Gasteiger partial charge in [-0.25, -0.2) is 4.98 Å². The van der Waals surface area contributed by atoms with Crippen molar-refractivity contribution in [3.8, 4) is 17.2 Å². The second kappa shape index (κ2) is 7.18. The molecule has 0 unspecified atom stereocenters. The standard InChI is InChI=1S/C23H25N3O4/c27-19-7-15-11-25(13-23-24-10-17-3-1-2-6-26(17)23)12-16(15)8-21(19)30-18-4-5-20-22(9-18)29-14-28-20/h1-6,9-10,15-16,19,21,27H,7-8,11-14H2/t15-,16+,19+,21+/m0/s1. The molecule has 1 N–H and O–H groups in total. The van der Waals surface area contributed by atoms with Gasteiger partial charge in [0.2, 0.25) is 6.79 Å². The first-order chi connectivity index (χ1) is 14.7. The third-order valence-corrected chi connectivity index (χ3v) is 6.67. The lowest BCUT2D eigenvalue weighted by molar-refractivity contribution is -0.0232. The van der Waals surface area contributed by atoms with Gasteiger partial charge in [0.15, 0.2) is 11.5 Å². The van der Waals surface area contributed by atoms with Crippen LogP contribution < -0.4 is 14.2 Å². The molecule has 0 bridgehead atoms. The zero-order valence-corrected chi connectivity index (χ0v) is 16.7. The molecule has 0 spiro atoms. The maximum atomic E-state index is 10.7. The number of aliphatic hydroxyl groups is 1. The highest BCUT2D eigenvalue weighted by molar-refractivity contribution is 5.47. The van der Waals surface area contributed by atoms with Gasteiger partial charge in [0.1, 0.15) is 17.7 Å². The predicted molar refractivity (Wildman–Crippen MR) is 110 cm³/mol. The fourth-order valence-electron chi connectivity index (χ4n) is 5.18. The number of hydrogen-bond donors (Lipinski definition) is 1. The van der Waals surface area contributed by atoms with E-state index in [1.165, 1.54) is 0 Å². The molecule has 2 aromatic heterocycles. The van der Waals surface area contributed by atoms with E-state index in [1.54, 1.807) is 0 Å². The van der Waals surface area contributed by atoms with Crippen LogP contribution in [0, 0.1) is 11.8 Å². The Balaban J connectivity index is 1.13. The molecule has 3 aromatic rings. The Bertz CT molecular complexity index is 1070. The van der Waals surface area contributed by atoms with E-state index in [-0.39, 0.29) is 12.9 Å². The maximum absolute atomic E-state index is 10.7. The summed E-state index contributed by atoms with van der Waals surface area (Å²) in [6, 6.07) is 11.8. The highest BCUT2D eigenvalue weighted by atomic mass is 16.7. The SMILES string of the molecule is O[C@@H]1C[C@H]2CN(Cc3ncc4ccccn34)C[C@H]2C[C@H]1Oc1ccc2c(c1)OCO2. The molecule has 1 aromatic carbocycles. The van der Waals surface area contributed by atoms with Gasteiger partial charge in [-0.1, -0.05) is 6.07 Å². The number of ether oxygens (including phenoxy) is 3. The highest BCUT2D eigenvalue weighted by Crippen LogP contribution is 2.40. The average Bonchev–Trinajstić information content (AvgIpc) is 3.47. The zero-order chi connectivity index (χ0) is 20.1. The fraction of sp³-hybridized carbons (Fsp3) is 0.435. The lowest BCUT2D eigenvalue weighted by Crippen LogP contribution is -2.42. The molecule has 7 heteroatoms. The van der Waals surface area contributed by atoms with Gasteiger partial charge < -0.3 is 23.7 Å². The van der Waals surface area contributed by atoms with Crippen LogP contribution in [0.5, 0.6) is 17.2 Å². The molecule has 1 saturated carbocycles. The number of aliphatic hydroxyl groups excluding tert-OH is 1. The Labute approximate surface area is 174 Å². The van der Waals surface area contributed by atoms with E-state index in [0.717, 1.165) is 55.3 Å². The molecular weight excluding hydrogens is 382 g/mol. The molecule has 30 heavy (non-hydrogen) atoms. The van der Waals surface area contributed by atoms with Gasteiger partial charge in [-0.3, -0.25) is 4.90 Å². The molecule has 2 aliphatic heterocycles. The minimum atomic E-state index is -0.455. The monoisotopic (exact) mass is 407 g/mol. The van der Waals surface area contributed by atoms with Crippen molar-refractivity contribution in [3.63, 3.8) is 0 Å². The van der Waals surface area contributed by atoms with Crippen LogP contribution in [-0.2, 0) is 6.54 Å². The first-order valence-corrected chi connectivity index (χ1v) is 10.6. The number of benzene rings is 1. The van der Waals surface area contributed by atoms with Crippen molar-refractivity contribution in [3.05, 3.63) is 54.6 Å². The van der Waals surface area contributed by atoms with E-state index < -0.39 is 6.10 Å². The number of likely N-dealkylation sites (tertiary alicyclic amines) is 1. The normalized spacial score (nSPS) is 28.0. The predicted octanol–water partition coefficient (Wildman–Crippen LogP) is 2.71. The van der Waals surface area contributed by atoms with Gasteiger partial charge >= 0.3 is 0 Å². The van der Waals surface area contributed by atoms with Crippen molar-refractivity contribution in [2.45, 2.75) is 31.6 Å². The van der Waals surface area contributed by atoms with Crippen molar-refractivity contribution in [2.24, 2.45) is 11.8 Å². The van der Waals surface area contributed by atoms with E-state index in [2.05, 4.69) is 26.5 Å². The molecule has 4 atom stereocenters. The third-order valence-electron chi connectivity index (χ3n) is 6.67. The van der Waals surface area contributed by atoms with E-state index in [0.29, 0.717) is 17.6 Å². The van der Waals surface area contributed by atoms with Gasteiger partial charge in [-0.05, 0) is 48.9 Å². The van der Waals surface area contributed by atoms with Crippen LogP contribution in [0.3, 0.4) is 0 Å². The van der Waals surface area contributed by atoms with Crippen molar-refractivity contribution in [1.82, 2.24) is 14.3 Å². The summed E-state index contributed by atoms with van der Waals surface area (Å²) in [5.74, 6) is 4.26. The minimum Gasteiger partial charge on any atom is -0.488 e. The van der Waals surface area contributed by atoms with E-state index >= 15 is 0 Å². The van der Waals surface area contributed by atoms with Gasteiger partial charge in [-0.2, -0.15) is 0 Å². The van der Waals surface area contributed by atoms with Crippen LogP contribution >= 0.6 is 0 Å². The lowest BCUT2D eigenvalue weighted by Gasteiger charge is -2.35. The Kier molecular flexibility index (Phi) is 4.32. The number of pyridine rings is 1. The summed E-state index contributed by atoms with van der Waals surface area (Å²) in [7, 11) is 0. The Hall–Kier alpha value is -2.77. The van der Waals surface area contributed by atoms with Gasteiger partial charge in [0.25, 0.3) is 0 Å². The lowest BCUT2D eigenvalue weighted by atomic mass is 9.78. The Morgan fingerprint density at radius 1 is 1.07 bits per heavy atom. The third kappa shape index (κ3) is 3.18. The largest absolute Gasteiger partial charge is 0.488 e. The van der Waals surface area contributed by atoms with E-state index in [9.17, 15) is 5.11 Å². The van der Waals surface area contributed by atoms with Gasteiger partial charge in [0, 0.05) is 25.4 Å². The summed E-state index contributed by atoms with van der Waals surface area (Å²) in [5, 5.41) is 10.7. The smallest absolute Gasteiger partial charge is 0.231 e. The number of hydrogen-bond acceptors (Lipinski definition) is 6. The van der Waals surface area contributed by atoms with E-state index in [4.69, 9.17) is 14.2 Å². The summed E-state index contributed by atoms with van der Waals surface area (Å²) in [6.45, 7) is 3.09. The summed E-state index contributed by atoms with van der Waals surface area (Å²) in [6.07, 6.45) is 4.98. The highest BCUT2D eigenvalue weighted by Gasteiger charge is 2.42. The van der Waals surface area contributed by atoms with Crippen molar-refractivity contribution >= 4 is 5.52 Å². The summed E-state index contributed by atoms with van der Waals surface area (Å²) in [5.41, 5.74) is 1.12. The van der Waals surface area contributed by atoms with Crippen LogP contribution in [0.15, 0.2) is 48.8 Å². The van der Waals surface area contributed by atoms with Crippen molar-refractivity contribution in [2.75, 3.05) is 19.9 Å². The van der Waals surface area contributed by atoms with E-state index in [1.807, 2.05) is 36.5 Å². The van der Waals surface area contributed by atoms with Crippen LogP contribution in [0.4, 0.5) is 0 Å². The fourth-order valence-corrected chi connectivity index (χ4v) is 5.18. The number of nitrogens with zero attached hydrogens (tertiary/aromatic N) is 3. The zero-order valence-electron chi connectivity index (χ0n) is 16.7. The minimum absolute atomic E-state index is 0.196. The second-order valence-corrected chi connectivity index (χ2v) is 8.59. The number of aromatic nitrogens is 2. The molecule has 7 nitrogen and oxygen atoms in total. The number of rotatable bonds is 4. The first kappa shape index (κ1) is 18.0. The first-order valence-electron chi connectivity index (χ1n) is 10.6. The van der Waals surface area contributed by atoms with Crippen LogP contribution in [0.1, 0.15) is 18.7 Å². The van der Waals surface area contributed by atoms with Crippen molar-refractivity contribution in [1.29, 1.82) is 0 Å². The second-order valence-electron chi connectivity index (χ2n) is 8.59. The average molecular weight is 407 g/mol. The van der Waals surface area contributed by atoms with Gasteiger partial charge in [-0.15, -0.1) is 0 Å². The van der Waals surface area contributed by atoms with Gasteiger partial charge in [0.05, 0.1) is 24.4 Å². The Morgan fingerprint density at radius 2 is 1.93 bits per heavy atom. The van der Waals surface area contributed by atoms with Crippen LogP contribution in [-0.4, -0.2) is 51.5 Å². The quantitative estimate of drug-likeness (QED) is 0.717. The summed E-state index contributed by atoms with van der Waals surface area (Å²) in [4.78, 5) is 7.08. The van der Waals surface area contributed by atoms with Crippen molar-refractivity contribution < 1.29 is 19.3 Å². The molecule has 6 rings (SSSR count).